The molecule has 1 N–H and O–H groups in total. The molecule has 0 saturated carbocycles. The van der Waals surface area contributed by atoms with Crippen molar-refractivity contribution in [3.63, 3.8) is 0 Å². The Kier molecular flexibility index (Phi) is 3.46. The minimum Gasteiger partial charge on any atom is -0.484 e. The molecular weight excluding hydrogens is 245 g/mol. The SMILES string of the molecule is CCNC1CC2(CCCOC2)Oc2cc(F)ccc21. The number of rotatable bonds is 2. The molecule has 3 nitrogen and oxygen atoms in total. The van der Waals surface area contributed by atoms with Gasteiger partial charge in [0.2, 0.25) is 0 Å². The number of hydrogen-bond donors (Lipinski definition) is 1. The third-order valence-electron chi connectivity index (χ3n) is 3.99. The maximum absolute atomic E-state index is 13.4. The summed E-state index contributed by atoms with van der Waals surface area (Å²) in [6.07, 6.45) is 2.87. The minimum atomic E-state index is -0.286. The van der Waals surface area contributed by atoms with Crippen LogP contribution in [0.1, 0.15) is 37.8 Å². The molecule has 2 atom stereocenters. The second kappa shape index (κ2) is 5.10. The molecule has 1 fully saturated rings. The number of halogens is 1. The van der Waals surface area contributed by atoms with Crippen LogP contribution in [0.2, 0.25) is 0 Å². The standard InChI is InChI=1S/C15H20FNO2/c1-2-17-13-9-15(6-3-7-18-10-15)19-14-8-11(16)4-5-12(13)14/h4-5,8,13,17H,2-3,6-7,9-10H2,1H3. The highest BCUT2D eigenvalue weighted by molar-refractivity contribution is 5.39. The largest absolute Gasteiger partial charge is 0.484 e. The lowest BCUT2D eigenvalue weighted by molar-refractivity contribution is -0.0856. The van der Waals surface area contributed by atoms with Gasteiger partial charge in [-0.25, -0.2) is 4.39 Å². The number of benzene rings is 1. The number of hydrogen-bond acceptors (Lipinski definition) is 3. The van der Waals surface area contributed by atoms with E-state index >= 15 is 0 Å². The Morgan fingerprint density at radius 2 is 2.37 bits per heavy atom. The number of nitrogens with one attached hydrogen (secondary N) is 1. The third kappa shape index (κ3) is 2.47. The first-order chi connectivity index (χ1) is 9.22. The predicted octanol–water partition coefficient (Wildman–Crippen LogP) is 2.81. The van der Waals surface area contributed by atoms with Crippen molar-refractivity contribution in [3.8, 4) is 5.75 Å². The summed E-state index contributed by atoms with van der Waals surface area (Å²) in [5.41, 5.74) is 0.769. The Bertz CT molecular complexity index is 457. The average Bonchev–Trinajstić information content (AvgIpc) is 2.39. The Morgan fingerprint density at radius 3 is 3.11 bits per heavy atom. The zero-order valence-electron chi connectivity index (χ0n) is 11.2. The summed E-state index contributed by atoms with van der Waals surface area (Å²) in [5.74, 6) is 0.422. The highest BCUT2D eigenvalue weighted by atomic mass is 19.1. The molecule has 0 aromatic heterocycles. The first kappa shape index (κ1) is 12.9. The van der Waals surface area contributed by atoms with Gasteiger partial charge in [0, 0.05) is 30.7 Å². The highest BCUT2D eigenvalue weighted by Gasteiger charge is 2.42. The molecule has 1 spiro atoms. The number of fused-ring (bicyclic) bond motifs is 1. The van der Waals surface area contributed by atoms with Gasteiger partial charge in [-0.2, -0.15) is 0 Å². The van der Waals surface area contributed by atoms with Gasteiger partial charge in [0.25, 0.3) is 0 Å². The molecule has 104 valence electrons. The van der Waals surface area contributed by atoms with Crippen molar-refractivity contribution < 1.29 is 13.9 Å². The van der Waals surface area contributed by atoms with Crippen molar-refractivity contribution in [1.82, 2.24) is 5.32 Å². The summed E-state index contributed by atoms with van der Waals surface area (Å²) < 4.78 is 25.1. The highest BCUT2D eigenvalue weighted by Crippen LogP contribution is 2.43. The molecule has 2 heterocycles. The summed E-state index contributed by atoms with van der Waals surface area (Å²) in [6.45, 7) is 4.37. The summed E-state index contributed by atoms with van der Waals surface area (Å²) in [4.78, 5) is 0. The molecule has 1 aromatic rings. The number of ether oxygens (including phenoxy) is 2. The van der Waals surface area contributed by atoms with Crippen molar-refractivity contribution in [2.75, 3.05) is 19.8 Å². The van der Waals surface area contributed by atoms with E-state index < -0.39 is 0 Å². The van der Waals surface area contributed by atoms with Gasteiger partial charge < -0.3 is 14.8 Å². The predicted molar refractivity (Wildman–Crippen MR) is 70.8 cm³/mol. The molecule has 1 aromatic carbocycles. The second-order valence-corrected chi connectivity index (χ2v) is 5.44. The minimum absolute atomic E-state index is 0.219. The fourth-order valence-electron chi connectivity index (χ4n) is 3.14. The van der Waals surface area contributed by atoms with E-state index in [2.05, 4.69) is 12.2 Å². The van der Waals surface area contributed by atoms with E-state index in [1.165, 1.54) is 12.1 Å². The second-order valence-electron chi connectivity index (χ2n) is 5.44. The quantitative estimate of drug-likeness (QED) is 0.892. The first-order valence-electron chi connectivity index (χ1n) is 7.02. The third-order valence-corrected chi connectivity index (χ3v) is 3.99. The average molecular weight is 265 g/mol. The lowest BCUT2D eigenvalue weighted by Gasteiger charge is -2.44. The van der Waals surface area contributed by atoms with Gasteiger partial charge in [0.15, 0.2) is 0 Å². The van der Waals surface area contributed by atoms with E-state index in [9.17, 15) is 4.39 Å². The maximum atomic E-state index is 13.4. The zero-order valence-corrected chi connectivity index (χ0v) is 11.2. The molecule has 0 amide bonds. The van der Waals surface area contributed by atoms with E-state index in [-0.39, 0.29) is 17.5 Å². The van der Waals surface area contributed by atoms with Crippen molar-refractivity contribution >= 4 is 0 Å². The van der Waals surface area contributed by atoms with Crippen LogP contribution in [0.4, 0.5) is 4.39 Å². The molecule has 1 saturated heterocycles. The summed E-state index contributed by atoms with van der Waals surface area (Å²) in [5, 5.41) is 3.47. The molecular formula is C15H20FNO2. The normalized spacial score (nSPS) is 29.9. The zero-order chi connectivity index (χ0) is 13.3. The van der Waals surface area contributed by atoms with Crippen LogP contribution < -0.4 is 10.1 Å². The summed E-state index contributed by atoms with van der Waals surface area (Å²) in [6, 6.07) is 5.04. The van der Waals surface area contributed by atoms with Crippen LogP contribution in [0.15, 0.2) is 18.2 Å². The van der Waals surface area contributed by atoms with E-state index in [0.29, 0.717) is 12.4 Å². The molecule has 0 radical (unpaired) electrons. The van der Waals surface area contributed by atoms with Crippen LogP contribution in [-0.4, -0.2) is 25.4 Å². The van der Waals surface area contributed by atoms with Gasteiger partial charge in [0.1, 0.15) is 17.2 Å². The summed E-state index contributed by atoms with van der Waals surface area (Å²) >= 11 is 0. The van der Waals surface area contributed by atoms with Crippen LogP contribution in [0, 0.1) is 5.82 Å². The topological polar surface area (TPSA) is 30.5 Å². The van der Waals surface area contributed by atoms with Crippen molar-refractivity contribution in [3.05, 3.63) is 29.6 Å². The molecule has 2 aliphatic heterocycles. The van der Waals surface area contributed by atoms with Crippen LogP contribution in [0.5, 0.6) is 5.75 Å². The van der Waals surface area contributed by atoms with Gasteiger partial charge in [0.05, 0.1) is 6.61 Å². The molecule has 4 heteroatoms. The fraction of sp³-hybridized carbons (Fsp3) is 0.600. The van der Waals surface area contributed by atoms with E-state index in [1.54, 1.807) is 0 Å². The smallest absolute Gasteiger partial charge is 0.134 e. The molecule has 2 aliphatic rings. The van der Waals surface area contributed by atoms with E-state index in [1.807, 2.05) is 6.07 Å². The van der Waals surface area contributed by atoms with Gasteiger partial charge in [-0.05, 0) is 25.5 Å². The van der Waals surface area contributed by atoms with Crippen molar-refractivity contribution in [2.45, 2.75) is 37.8 Å². The maximum Gasteiger partial charge on any atom is 0.134 e. The Balaban J connectivity index is 1.94. The lowest BCUT2D eigenvalue weighted by Crippen LogP contribution is -2.49. The van der Waals surface area contributed by atoms with Gasteiger partial charge in [-0.3, -0.25) is 0 Å². The Hall–Kier alpha value is -1.13. The van der Waals surface area contributed by atoms with Crippen LogP contribution in [-0.2, 0) is 4.74 Å². The molecule has 3 rings (SSSR count). The van der Waals surface area contributed by atoms with Crippen LogP contribution >= 0.6 is 0 Å². The van der Waals surface area contributed by atoms with Crippen molar-refractivity contribution in [1.29, 1.82) is 0 Å². The van der Waals surface area contributed by atoms with E-state index in [4.69, 9.17) is 9.47 Å². The molecule has 0 bridgehead atoms. The van der Waals surface area contributed by atoms with Gasteiger partial charge >= 0.3 is 0 Å². The van der Waals surface area contributed by atoms with Crippen LogP contribution in [0.25, 0.3) is 0 Å². The van der Waals surface area contributed by atoms with Crippen molar-refractivity contribution in [2.24, 2.45) is 0 Å². The Labute approximate surface area is 113 Å². The van der Waals surface area contributed by atoms with Gasteiger partial charge in [-0.15, -0.1) is 0 Å². The van der Waals surface area contributed by atoms with Gasteiger partial charge in [-0.1, -0.05) is 13.0 Å². The molecule has 2 unspecified atom stereocenters. The monoisotopic (exact) mass is 265 g/mol. The van der Waals surface area contributed by atoms with Crippen LogP contribution in [0.3, 0.4) is 0 Å². The lowest BCUT2D eigenvalue weighted by atomic mass is 9.83. The fourth-order valence-corrected chi connectivity index (χ4v) is 3.14. The molecule has 0 aliphatic carbocycles. The summed E-state index contributed by atoms with van der Waals surface area (Å²) in [7, 11) is 0. The van der Waals surface area contributed by atoms with E-state index in [0.717, 1.165) is 38.0 Å². The first-order valence-corrected chi connectivity index (χ1v) is 7.02. The Morgan fingerprint density at radius 1 is 1.47 bits per heavy atom. The molecule has 19 heavy (non-hydrogen) atoms.